The SMILES string of the molecule is CCn1c(C(=O)NCCC2=CCCCC2)c(N2CCCC2=O)c2cc(OC)ccc21. The number of carbonyl (C=O) groups is 2. The van der Waals surface area contributed by atoms with E-state index in [0.29, 0.717) is 31.7 Å². The van der Waals surface area contributed by atoms with E-state index < -0.39 is 0 Å². The van der Waals surface area contributed by atoms with Crippen LogP contribution in [-0.4, -0.2) is 36.6 Å². The standard InChI is InChI=1S/C24H31N3O3/c1-3-26-20-12-11-18(30-2)16-19(20)22(27-15-7-10-21(27)28)23(26)24(29)25-14-13-17-8-5-4-6-9-17/h8,11-12,16H,3-7,9-10,13-15H2,1-2H3,(H,25,29). The van der Waals surface area contributed by atoms with Crippen molar-refractivity contribution in [1.29, 1.82) is 0 Å². The van der Waals surface area contributed by atoms with E-state index in [9.17, 15) is 9.59 Å². The van der Waals surface area contributed by atoms with Crippen LogP contribution in [0.1, 0.15) is 62.4 Å². The predicted octanol–water partition coefficient (Wildman–Crippen LogP) is 4.42. The third-order valence-electron chi connectivity index (χ3n) is 6.24. The average Bonchev–Trinajstić information content (AvgIpc) is 3.33. The van der Waals surface area contributed by atoms with Crippen molar-refractivity contribution in [2.24, 2.45) is 0 Å². The summed E-state index contributed by atoms with van der Waals surface area (Å²) in [6.45, 7) is 3.94. The molecule has 1 aromatic carbocycles. The zero-order valence-corrected chi connectivity index (χ0v) is 18.0. The van der Waals surface area contributed by atoms with Gasteiger partial charge in [0, 0.05) is 31.4 Å². The van der Waals surface area contributed by atoms with E-state index in [4.69, 9.17) is 4.74 Å². The fourth-order valence-corrected chi connectivity index (χ4v) is 4.71. The third-order valence-corrected chi connectivity index (χ3v) is 6.24. The molecule has 6 heteroatoms. The summed E-state index contributed by atoms with van der Waals surface area (Å²) in [5.41, 5.74) is 3.70. The first kappa shape index (κ1) is 20.5. The molecule has 1 aliphatic carbocycles. The lowest BCUT2D eigenvalue weighted by atomic mass is 9.97. The molecule has 2 aliphatic rings. The Kier molecular flexibility index (Phi) is 6.11. The lowest BCUT2D eigenvalue weighted by molar-refractivity contribution is -0.117. The Labute approximate surface area is 177 Å². The molecule has 2 aromatic rings. The van der Waals surface area contributed by atoms with E-state index in [1.807, 2.05) is 29.7 Å². The fourth-order valence-electron chi connectivity index (χ4n) is 4.71. The second-order valence-corrected chi connectivity index (χ2v) is 8.09. The van der Waals surface area contributed by atoms with Gasteiger partial charge in [0.25, 0.3) is 5.91 Å². The van der Waals surface area contributed by atoms with E-state index in [0.717, 1.165) is 48.0 Å². The molecule has 0 atom stereocenters. The largest absolute Gasteiger partial charge is 0.497 e. The Morgan fingerprint density at radius 3 is 2.73 bits per heavy atom. The Hall–Kier alpha value is -2.76. The summed E-state index contributed by atoms with van der Waals surface area (Å²) in [6, 6.07) is 5.82. The molecule has 2 heterocycles. The zero-order chi connectivity index (χ0) is 21.1. The molecule has 2 amide bonds. The minimum absolute atomic E-state index is 0.0781. The van der Waals surface area contributed by atoms with Crippen LogP contribution < -0.4 is 15.0 Å². The van der Waals surface area contributed by atoms with Crippen molar-refractivity contribution in [3.8, 4) is 5.75 Å². The van der Waals surface area contributed by atoms with Gasteiger partial charge in [-0.15, -0.1) is 0 Å². The Balaban J connectivity index is 1.70. The Morgan fingerprint density at radius 1 is 1.20 bits per heavy atom. The van der Waals surface area contributed by atoms with Gasteiger partial charge in [0.1, 0.15) is 11.4 Å². The van der Waals surface area contributed by atoms with Crippen LogP contribution in [0.3, 0.4) is 0 Å². The molecule has 0 unspecified atom stereocenters. The number of aromatic nitrogens is 1. The number of hydrogen-bond acceptors (Lipinski definition) is 3. The summed E-state index contributed by atoms with van der Waals surface area (Å²) < 4.78 is 7.44. The molecular formula is C24H31N3O3. The van der Waals surface area contributed by atoms with Crippen molar-refractivity contribution in [1.82, 2.24) is 9.88 Å². The molecule has 0 spiro atoms. The van der Waals surface area contributed by atoms with E-state index in [2.05, 4.69) is 11.4 Å². The second-order valence-electron chi connectivity index (χ2n) is 8.09. The molecule has 1 aromatic heterocycles. The fraction of sp³-hybridized carbons (Fsp3) is 0.500. The maximum atomic E-state index is 13.4. The smallest absolute Gasteiger partial charge is 0.270 e. The van der Waals surface area contributed by atoms with Crippen LogP contribution in [0, 0.1) is 0 Å². The highest BCUT2D eigenvalue weighted by atomic mass is 16.5. The van der Waals surface area contributed by atoms with Gasteiger partial charge in [0.2, 0.25) is 5.91 Å². The highest BCUT2D eigenvalue weighted by Crippen LogP contribution is 2.38. The number of ether oxygens (including phenoxy) is 1. The summed E-state index contributed by atoms with van der Waals surface area (Å²) in [6.07, 6.45) is 9.35. The molecule has 0 bridgehead atoms. The number of carbonyl (C=O) groups excluding carboxylic acids is 2. The van der Waals surface area contributed by atoms with Gasteiger partial charge >= 0.3 is 0 Å². The molecule has 0 radical (unpaired) electrons. The van der Waals surface area contributed by atoms with E-state index in [1.165, 1.54) is 18.4 Å². The summed E-state index contributed by atoms with van der Waals surface area (Å²) in [5.74, 6) is 0.687. The van der Waals surface area contributed by atoms with Crippen LogP contribution >= 0.6 is 0 Å². The quantitative estimate of drug-likeness (QED) is 0.689. The van der Waals surface area contributed by atoms with Crippen molar-refractivity contribution in [2.75, 3.05) is 25.1 Å². The Bertz CT molecular complexity index is 989. The number of benzene rings is 1. The lowest BCUT2D eigenvalue weighted by Crippen LogP contribution is -2.31. The van der Waals surface area contributed by atoms with Gasteiger partial charge in [-0.1, -0.05) is 11.6 Å². The van der Waals surface area contributed by atoms with Crippen molar-refractivity contribution >= 4 is 28.4 Å². The number of amides is 2. The van der Waals surface area contributed by atoms with Crippen LogP contribution in [0.15, 0.2) is 29.8 Å². The van der Waals surface area contributed by atoms with Gasteiger partial charge in [-0.2, -0.15) is 0 Å². The van der Waals surface area contributed by atoms with Crippen molar-refractivity contribution < 1.29 is 14.3 Å². The van der Waals surface area contributed by atoms with Gasteiger partial charge in [-0.25, -0.2) is 0 Å². The van der Waals surface area contributed by atoms with Crippen LogP contribution in [0.5, 0.6) is 5.75 Å². The van der Waals surface area contributed by atoms with Gasteiger partial charge in [-0.05, 0) is 63.6 Å². The van der Waals surface area contributed by atoms with Gasteiger partial charge in [0.15, 0.2) is 0 Å². The van der Waals surface area contributed by atoms with Gasteiger partial charge in [0.05, 0.1) is 18.3 Å². The monoisotopic (exact) mass is 409 g/mol. The number of aryl methyl sites for hydroxylation is 1. The highest BCUT2D eigenvalue weighted by molar-refractivity contribution is 6.14. The molecule has 160 valence electrons. The minimum Gasteiger partial charge on any atom is -0.497 e. The van der Waals surface area contributed by atoms with Gasteiger partial charge in [-0.3, -0.25) is 9.59 Å². The second kappa shape index (κ2) is 8.94. The van der Waals surface area contributed by atoms with Crippen LogP contribution in [-0.2, 0) is 11.3 Å². The average molecular weight is 410 g/mol. The Morgan fingerprint density at radius 2 is 2.07 bits per heavy atom. The highest BCUT2D eigenvalue weighted by Gasteiger charge is 2.31. The molecule has 1 aliphatic heterocycles. The van der Waals surface area contributed by atoms with Crippen molar-refractivity contribution in [3.63, 3.8) is 0 Å². The first-order chi connectivity index (χ1) is 14.6. The normalized spacial score (nSPS) is 16.8. The summed E-state index contributed by atoms with van der Waals surface area (Å²) in [7, 11) is 1.63. The molecule has 4 rings (SSSR count). The zero-order valence-electron chi connectivity index (χ0n) is 18.0. The minimum atomic E-state index is -0.113. The maximum absolute atomic E-state index is 13.4. The summed E-state index contributed by atoms with van der Waals surface area (Å²) >= 11 is 0. The van der Waals surface area contributed by atoms with Crippen LogP contribution in [0.4, 0.5) is 5.69 Å². The molecule has 0 saturated carbocycles. The molecule has 1 N–H and O–H groups in total. The predicted molar refractivity (Wildman–Crippen MR) is 119 cm³/mol. The lowest BCUT2D eigenvalue weighted by Gasteiger charge is -2.19. The number of nitrogens with one attached hydrogen (secondary N) is 1. The maximum Gasteiger partial charge on any atom is 0.270 e. The van der Waals surface area contributed by atoms with E-state index in [1.54, 1.807) is 12.0 Å². The number of rotatable bonds is 7. The molecule has 1 saturated heterocycles. The van der Waals surface area contributed by atoms with Gasteiger partial charge < -0.3 is 19.5 Å². The third kappa shape index (κ3) is 3.83. The first-order valence-corrected chi connectivity index (χ1v) is 11.1. The number of anilines is 1. The molecule has 30 heavy (non-hydrogen) atoms. The van der Waals surface area contributed by atoms with Crippen LogP contribution in [0.25, 0.3) is 10.9 Å². The molecule has 6 nitrogen and oxygen atoms in total. The number of hydrogen-bond donors (Lipinski definition) is 1. The van der Waals surface area contributed by atoms with E-state index in [-0.39, 0.29) is 11.8 Å². The summed E-state index contributed by atoms with van der Waals surface area (Å²) in [5, 5.41) is 4.01. The number of methoxy groups -OCH3 is 1. The number of nitrogens with zero attached hydrogens (tertiary/aromatic N) is 2. The van der Waals surface area contributed by atoms with Crippen LogP contribution in [0.2, 0.25) is 0 Å². The number of allylic oxidation sites excluding steroid dienone is 1. The van der Waals surface area contributed by atoms with Crippen molar-refractivity contribution in [2.45, 2.75) is 58.4 Å². The number of fused-ring (bicyclic) bond motifs is 1. The van der Waals surface area contributed by atoms with Crippen molar-refractivity contribution in [3.05, 3.63) is 35.5 Å². The first-order valence-electron chi connectivity index (χ1n) is 11.1. The van der Waals surface area contributed by atoms with E-state index >= 15 is 0 Å². The summed E-state index contributed by atoms with van der Waals surface area (Å²) in [4.78, 5) is 27.8. The molecular weight excluding hydrogens is 378 g/mol. The topological polar surface area (TPSA) is 63.6 Å². The molecule has 1 fully saturated rings.